The molecular weight excluding hydrogens is 152 g/mol. The summed E-state index contributed by atoms with van der Waals surface area (Å²) in [5.74, 6) is 6.32. The summed E-state index contributed by atoms with van der Waals surface area (Å²) in [6, 6.07) is 0. The molecule has 0 unspecified atom stereocenters. The molecule has 0 aliphatic heterocycles. The van der Waals surface area contributed by atoms with E-state index in [1.54, 1.807) is 7.05 Å². The number of nitrogens with two attached hydrogens (primary N) is 1. The predicted molar refractivity (Wildman–Crippen MR) is 38.1 cm³/mol. The maximum absolute atomic E-state index is 5.44. The van der Waals surface area contributed by atoms with Gasteiger partial charge in [0.15, 0.2) is 0 Å². The number of guanidine groups is 1. The number of nitrogens with one attached hydrogen (secondary N) is 1. The van der Waals surface area contributed by atoms with Crippen molar-refractivity contribution in [2.75, 3.05) is 28.2 Å². The van der Waals surface area contributed by atoms with E-state index in [2.05, 4.69) is 5.32 Å². The second-order valence-corrected chi connectivity index (χ2v) is 2.08. The first-order valence-electron chi connectivity index (χ1n) is 2.80. The fourth-order valence-electron chi connectivity index (χ4n) is 0.715. The van der Waals surface area contributed by atoms with Gasteiger partial charge in [-0.1, -0.05) is 0 Å². The van der Waals surface area contributed by atoms with Crippen LogP contribution in [0.15, 0.2) is 0 Å². The first-order valence-corrected chi connectivity index (χ1v) is 2.80. The minimum Gasteiger partial charge on any atom is -1.00 e. The van der Waals surface area contributed by atoms with Crippen LogP contribution in [-0.4, -0.2) is 43.7 Å². The van der Waals surface area contributed by atoms with Gasteiger partial charge in [0.05, 0.1) is 28.2 Å². The van der Waals surface area contributed by atoms with E-state index in [1.807, 2.05) is 25.7 Å². The van der Waals surface area contributed by atoms with E-state index in [-0.39, 0.29) is 12.4 Å². The lowest BCUT2D eigenvalue weighted by Crippen LogP contribution is -3.00. The van der Waals surface area contributed by atoms with Gasteiger partial charge in [0.1, 0.15) is 0 Å². The lowest BCUT2D eigenvalue weighted by atomic mass is 10.8. The molecule has 0 aromatic rings. The quantitative estimate of drug-likeness (QED) is 0.126. The summed E-state index contributed by atoms with van der Waals surface area (Å²) in [7, 11) is 7.47. The molecule has 0 aliphatic rings. The van der Waals surface area contributed by atoms with Crippen LogP contribution in [0.25, 0.3) is 0 Å². The van der Waals surface area contributed by atoms with Crippen LogP contribution in [0.3, 0.4) is 0 Å². The second kappa shape index (κ2) is 5.32. The van der Waals surface area contributed by atoms with E-state index in [0.717, 1.165) is 5.96 Å². The van der Waals surface area contributed by atoms with Crippen LogP contribution in [0.2, 0.25) is 0 Å². The minimum absolute atomic E-state index is 0. The largest absolute Gasteiger partial charge is 1.00 e. The first kappa shape index (κ1) is 12.2. The molecule has 0 aromatic carbocycles. The highest BCUT2D eigenvalue weighted by molar-refractivity contribution is 5.73. The standard InChI is InChI=1S/C5H14N4.ClH/c1-7-5(8(2)3)9(4)6;/h6H2,1-4H3;1H. The van der Waals surface area contributed by atoms with Gasteiger partial charge in [-0.3, -0.25) is 9.89 Å². The Kier molecular flexibility index (Phi) is 6.50. The van der Waals surface area contributed by atoms with Gasteiger partial charge in [-0.15, -0.1) is 0 Å². The highest BCUT2D eigenvalue weighted by Gasteiger charge is 2.06. The maximum Gasteiger partial charge on any atom is 0.364 e. The van der Waals surface area contributed by atoms with Gasteiger partial charge in [-0.2, -0.15) is 10.9 Å². The number of hydrogen-bond acceptors (Lipinski definition) is 1. The third kappa shape index (κ3) is 3.53. The van der Waals surface area contributed by atoms with Crippen molar-refractivity contribution < 1.29 is 17.0 Å². The van der Waals surface area contributed by atoms with Crippen LogP contribution in [0.5, 0.6) is 0 Å². The highest BCUT2D eigenvalue weighted by atomic mass is 35.5. The van der Waals surface area contributed by atoms with Crippen molar-refractivity contribution in [3.05, 3.63) is 0 Å². The topological polar surface area (TPSA) is 44.3 Å². The van der Waals surface area contributed by atoms with Crippen LogP contribution in [0, 0.1) is 0 Å². The summed E-state index contributed by atoms with van der Waals surface area (Å²) in [5, 5.41) is 4.47. The molecule has 5 heteroatoms. The van der Waals surface area contributed by atoms with Gasteiger partial charge >= 0.3 is 5.96 Å². The SMILES string of the molecule is CNC(N(C)N)=[N+](C)C.[Cl-]. The summed E-state index contributed by atoms with van der Waals surface area (Å²) in [4.78, 5) is 0. The lowest BCUT2D eigenvalue weighted by Gasteiger charge is -2.08. The van der Waals surface area contributed by atoms with Crippen molar-refractivity contribution in [2.24, 2.45) is 5.84 Å². The molecule has 0 spiro atoms. The molecule has 3 N–H and O–H groups in total. The Balaban J connectivity index is 0. The van der Waals surface area contributed by atoms with Crippen molar-refractivity contribution >= 4 is 5.96 Å². The molecule has 0 radical (unpaired) electrons. The molecule has 0 saturated carbocycles. The van der Waals surface area contributed by atoms with Crippen LogP contribution in [-0.2, 0) is 0 Å². The molecule has 0 saturated heterocycles. The molecule has 10 heavy (non-hydrogen) atoms. The van der Waals surface area contributed by atoms with Crippen molar-refractivity contribution in [3.8, 4) is 0 Å². The molecule has 0 amide bonds. The van der Waals surface area contributed by atoms with Gasteiger partial charge in [0.2, 0.25) is 0 Å². The predicted octanol–water partition coefficient (Wildman–Crippen LogP) is -4.36. The number of rotatable bonds is 0. The molecule has 0 atom stereocenters. The third-order valence-corrected chi connectivity index (χ3v) is 0.981. The van der Waals surface area contributed by atoms with E-state index in [0.29, 0.717) is 0 Å². The number of hydrogen-bond donors (Lipinski definition) is 2. The monoisotopic (exact) mass is 166 g/mol. The first-order chi connectivity index (χ1) is 4.09. The number of hydrazine groups is 1. The lowest BCUT2D eigenvalue weighted by molar-refractivity contribution is -0.472. The molecule has 0 aliphatic carbocycles. The molecule has 0 heterocycles. The van der Waals surface area contributed by atoms with E-state index in [9.17, 15) is 0 Å². The summed E-state index contributed by atoms with van der Waals surface area (Å²) < 4.78 is 1.90. The third-order valence-electron chi connectivity index (χ3n) is 0.981. The zero-order valence-electron chi connectivity index (χ0n) is 6.85. The highest BCUT2D eigenvalue weighted by Crippen LogP contribution is 1.69. The Morgan fingerprint density at radius 1 is 1.50 bits per heavy atom. The molecule has 0 rings (SSSR count). The van der Waals surface area contributed by atoms with Crippen LogP contribution in [0.1, 0.15) is 0 Å². The number of halogens is 1. The van der Waals surface area contributed by atoms with Crippen molar-refractivity contribution in [1.82, 2.24) is 10.3 Å². The van der Waals surface area contributed by atoms with Crippen LogP contribution < -0.4 is 23.6 Å². The fourth-order valence-corrected chi connectivity index (χ4v) is 0.715. The molecule has 0 aromatic heterocycles. The van der Waals surface area contributed by atoms with Gasteiger partial charge in [-0.25, -0.2) is 0 Å². The summed E-state index contributed by atoms with van der Waals surface area (Å²) in [5.41, 5.74) is 0. The smallest absolute Gasteiger partial charge is 0.364 e. The Morgan fingerprint density at radius 3 is 1.90 bits per heavy atom. The number of nitrogens with zero attached hydrogens (tertiary/aromatic N) is 2. The Bertz CT molecular complexity index is 117. The maximum atomic E-state index is 5.44. The average Bonchev–Trinajstić information content (AvgIpc) is 1.64. The molecule has 4 nitrogen and oxygen atoms in total. The summed E-state index contributed by atoms with van der Waals surface area (Å²) >= 11 is 0. The fraction of sp³-hybridized carbons (Fsp3) is 0.800. The van der Waals surface area contributed by atoms with Gasteiger partial charge in [-0.05, 0) is 0 Å². The zero-order valence-corrected chi connectivity index (χ0v) is 7.61. The van der Waals surface area contributed by atoms with E-state index in [1.165, 1.54) is 5.01 Å². The second-order valence-electron chi connectivity index (χ2n) is 2.08. The van der Waals surface area contributed by atoms with Gasteiger partial charge in [0, 0.05) is 0 Å². The van der Waals surface area contributed by atoms with E-state index in [4.69, 9.17) is 5.84 Å². The average molecular weight is 167 g/mol. The van der Waals surface area contributed by atoms with Crippen molar-refractivity contribution in [1.29, 1.82) is 0 Å². The van der Waals surface area contributed by atoms with Crippen LogP contribution >= 0.6 is 0 Å². The van der Waals surface area contributed by atoms with E-state index >= 15 is 0 Å². The summed E-state index contributed by atoms with van der Waals surface area (Å²) in [6.45, 7) is 0. The molecule has 0 bridgehead atoms. The van der Waals surface area contributed by atoms with Crippen molar-refractivity contribution in [3.63, 3.8) is 0 Å². The normalized spacial score (nSPS) is 7.70. The summed E-state index contributed by atoms with van der Waals surface area (Å²) in [6.07, 6.45) is 0. The molecule has 0 fully saturated rings. The molecule has 62 valence electrons. The minimum atomic E-state index is 0. The van der Waals surface area contributed by atoms with Gasteiger partial charge < -0.3 is 12.4 Å². The van der Waals surface area contributed by atoms with Crippen molar-refractivity contribution in [2.45, 2.75) is 0 Å². The van der Waals surface area contributed by atoms with Crippen LogP contribution in [0.4, 0.5) is 0 Å². The Labute approximate surface area is 68.1 Å². The van der Waals surface area contributed by atoms with E-state index < -0.39 is 0 Å². The van der Waals surface area contributed by atoms with Gasteiger partial charge in [0.25, 0.3) is 0 Å². The zero-order chi connectivity index (χ0) is 7.44. The molecular formula is C5H15ClN4. The Hall–Kier alpha value is -0.480. The Morgan fingerprint density at radius 2 is 1.90 bits per heavy atom.